The number of methoxy groups -OCH3 is 2. The lowest BCUT2D eigenvalue weighted by Gasteiger charge is -2.36. The van der Waals surface area contributed by atoms with E-state index in [-0.39, 0.29) is 5.91 Å². The molecule has 0 bridgehead atoms. The molecule has 0 unspecified atom stereocenters. The van der Waals surface area contributed by atoms with Crippen molar-refractivity contribution in [1.82, 2.24) is 14.7 Å². The maximum absolute atomic E-state index is 13.8. The third-order valence-electron chi connectivity index (χ3n) is 6.72. The highest BCUT2D eigenvalue weighted by molar-refractivity contribution is 5.94. The Hall–Kier alpha value is -4.47. The number of amides is 1. The molecule has 0 N–H and O–H groups in total. The fraction of sp³-hybridized carbons (Fsp3) is 0.241. The SMILES string of the molecule is COc1ccc(-n2nc(-c3cccc(OC)c3)cc2C(=O)N2CCN(c3cccc(C(F)(F)F)c3)CC2)cc1. The number of alkyl halides is 3. The number of hydrogen-bond donors (Lipinski definition) is 0. The van der Waals surface area contributed by atoms with Crippen LogP contribution in [0.25, 0.3) is 16.9 Å². The number of anilines is 1. The fourth-order valence-corrected chi connectivity index (χ4v) is 4.59. The standard InChI is InChI=1S/C29H27F3N4O3/c1-38-24-11-9-22(10-12-24)36-27(19-26(33-36)20-5-3-8-25(17-20)39-2)28(37)35-15-13-34(14-16-35)23-7-4-6-21(18-23)29(30,31)32/h3-12,17-19H,13-16H2,1-2H3. The molecule has 1 aliphatic heterocycles. The van der Waals surface area contributed by atoms with E-state index in [1.807, 2.05) is 41.3 Å². The maximum Gasteiger partial charge on any atom is 0.416 e. The summed E-state index contributed by atoms with van der Waals surface area (Å²) in [7, 11) is 3.17. The molecule has 4 aromatic rings. The van der Waals surface area contributed by atoms with Gasteiger partial charge in [0.1, 0.15) is 17.2 Å². The second-order valence-corrected chi connectivity index (χ2v) is 9.08. The summed E-state index contributed by atoms with van der Waals surface area (Å²) >= 11 is 0. The predicted molar refractivity (Wildman–Crippen MR) is 142 cm³/mol. The second-order valence-electron chi connectivity index (χ2n) is 9.08. The molecule has 1 saturated heterocycles. The van der Waals surface area contributed by atoms with Gasteiger partial charge in [0, 0.05) is 37.4 Å². The zero-order chi connectivity index (χ0) is 27.6. The Balaban J connectivity index is 1.41. The van der Waals surface area contributed by atoms with Crippen LogP contribution in [0.5, 0.6) is 11.5 Å². The number of piperazine rings is 1. The summed E-state index contributed by atoms with van der Waals surface area (Å²) in [5.41, 5.74) is 2.27. The number of rotatable bonds is 6. The highest BCUT2D eigenvalue weighted by atomic mass is 19.4. The third kappa shape index (κ3) is 5.55. The summed E-state index contributed by atoms with van der Waals surface area (Å²) in [4.78, 5) is 17.3. The summed E-state index contributed by atoms with van der Waals surface area (Å²) in [6, 6.07) is 21.7. The van der Waals surface area contributed by atoms with Gasteiger partial charge >= 0.3 is 6.18 Å². The molecule has 1 aliphatic rings. The van der Waals surface area contributed by atoms with E-state index in [2.05, 4.69) is 0 Å². The van der Waals surface area contributed by atoms with Gasteiger partial charge in [-0.05, 0) is 60.7 Å². The average molecular weight is 537 g/mol. The molecule has 2 heterocycles. The van der Waals surface area contributed by atoms with E-state index in [4.69, 9.17) is 14.6 Å². The van der Waals surface area contributed by atoms with Gasteiger partial charge in [-0.15, -0.1) is 0 Å². The van der Waals surface area contributed by atoms with Gasteiger partial charge in [-0.3, -0.25) is 4.79 Å². The number of benzene rings is 3. The van der Waals surface area contributed by atoms with Gasteiger partial charge in [0.25, 0.3) is 5.91 Å². The number of carbonyl (C=O) groups is 1. The average Bonchev–Trinajstić information content (AvgIpc) is 3.42. The van der Waals surface area contributed by atoms with E-state index < -0.39 is 11.7 Å². The van der Waals surface area contributed by atoms with Gasteiger partial charge in [0.2, 0.25) is 0 Å². The topological polar surface area (TPSA) is 59.8 Å². The van der Waals surface area contributed by atoms with Crippen molar-refractivity contribution >= 4 is 11.6 Å². The number of hydrogen-bond acceptors (Lipinski definition) is 5. The largest absolute Gasteiger partial charge is 0.497 e. The van der Waals surface area contributed by atoms with E-state index in [1.165, 1.54) is 6.07 Å². The summed E-state index contributed by atoms with van der Waals surface area (Å²) in [5.74, 6) is 1.14. The molecular formula is C29H27F3N4O3. The molecule has 10 heteroatoms. The Morgan fingerprint density at radius 1 is 0.795 bits per heavy atom. The zero-order valence-corrected chi connectivity index (χ0v) is 21.5. The van der Waals surface area contributed by atoms with Crippen LogP contribution in [0.2, 0.25) is 0 Å². The van der Waals surface area contributed by atoms with Crippen LogP contribution in [0.3, 0.4) is 0 Å². The molecule has 1 aromatic heterocycles. The lowest BCUT2D eigenvalue weighted by atomic mass is 10.1. The molecule has 0 spiro atoms. The van der Waals surface area contributed by atoms with E-state index >= 15 is 0 Å². The van der Waals surface area contributed by atoms with Crippen LogP contribution in [0.15, 0.2) is 78.9 Å². The summed E-state index contributed by atoms with van der Waals surface area (Å²) in [6.07, 6.45) is -4.41. The first-order chi connectivity index (χ1) is 18.8. The van der Waals surface area contributed by atoms with Gasteiger partial charge in [-0.1, -0.05) is 18.2 Å². The van der Waals surface area contributed by atoms with Crippen molar-refractivity contribution < 1.29 is 27.4 Å². The van der Waals surface area contributed by atoms with Crippen molar-refractivity contribution in [3.8, 4) is 28.4 Å². The van der Waals surface area contributed by atoms with Crippen LogP contribution in [0, 0.1) is 0 Å². The molecule has 0 atom stereocenters. The molecule has 1 amide bonds. The van der Waals surface area contributed by atoms with Gasteiger partial charge in [-0.25, -0.2) is 4.68 Å². The monoisotopic (exact) mass is 536 g/mol. The van der Waals surface area contributed by atoms with Gasteiger partial charge in [0.05, 0.1) is 31.2 Å². The number of aromatic nitrogens is 2. The Labute approximate surface area is 224 Å². The quantitative estimate of drug-likeness (QED) is 0.324. The number of halogens is 3. The van der Waals surface area contributed by atoms with Crippen LogP contribution in [0.1, 0.15) is 16.1 Å². The predicted octanol–water partition coefficient (Wildman–Crippen LogP) is 5.54. The first-order valence-electron chi connectivity index (χ1n) is 12.4. The van der Waals surface area contributed by atoms with Crippen LogP contribution in [0.4, 0.5) is 18.9 Å². The molecule has 39 heavy (non-hydrogen) atoms. The van der Waals surface area contributed by atoms with Gasteiger partial charge < -0.3 is 19.3 Å². The molecule has 202 valence electrons. The minimum atomic E-state index is -4.41. The number of carbonyl (C=O) groups excluding carboxylic acids is 1. The summed E-state index contributed by atoms with van der Waals surface area (Å²) < 4.78 is 51.8. The van der Waals surface area contributed by atoms with E-state index in [9.17, 15) is 18.0 Å². The summed E-state index contributed by atoms with van der Waals surface area (Å²) in [6.45, 7) is 1.54. The van der Waals surface area contributed by atoms with Crippen molar-refractivity contribution in [2.75, 3.05) is 45.3 Å². The smallest absolute Gasteiger partial charge is 0.416 e. The molecule has 5 rings (SSSR count). The molecule has 1 fully saturated rings. The van der Waals surface area contributed by atoms with Crippen LogP contribution < -0.4 is 14.4 Å². The fourth-order valence-electron chi connectivity index (χ4n) is 4.59. The van der Waals surface area contributed by atoms with Crippen molar-refractivity contribution in [3.05, 3.63) is 90.1 Å². The van der Waals surface area contributed by atoms with Gasteiger partial charge in [0.15, 0.2) is 0 Å². The summed E-state index contributed by atoms with van der Waals surface area (Å²) in [5, 5.41) is 4.75. The molecule has 3 aromatic carbocycles. The second kappa shape index (κ2) is 10.7. The molecule has 0 radical (unpaired) electrons. The van der Waals surface area contributed by atoms with E-state index in [1.54, 1.807) is 48.1 Å². The first-order valence-corrected chi connectivity index (χ1v) is 12.4. The van der Waals surface area contributed by atoms with Crippen LogP contribution >= 0.6 is 0 Å². The van der Waals surface area contributed by atoms with E-state index in [0.29, 0.717) is 60.4 Å². The maximum atomic E-state index is 13.8. The highest BCUT2D eigenvalue weighted by Gasteiger charge is 2.32. The number of ether oxygens (including phenoxy) is 2. The number of nitrogens with zero attached hydrogens (tertiary/aromatic N) is 4. The van der Waals surface area contributed by atoms with Crippen LogP contribution in [-0.4, -0.2) is 61.0 Å². The Bertz CT molecular complexity index is 1460. The third-order valence-corrected chi connectivity index (χ3v) is 6.72. The minimum Gasteiger partial charge on any atom is -0.497 e. The Morgan fingerprint density at radius 2 is 1.49 bits per heavy atom. The zero-order valence-electron chi connectivity index (χ0n) is 21.5. The molecule has 0 aliphatic carbocycles. The van der Waals surface area contributed by atoms with Crippen molar-refractivity contribution in [1.29, 1.82) is 0 Å². The van der Waals surface area contributed by atoms with Crippen molar-refractivity contribution in [2.45, 2.75) is 6.18 Å². The molecule has 0 saturated carbocycles. The Morgan fingerprint density at radius 3 is 2.15 bits per heavy atom. The first kappa shape index (κ1) is 26.1. The highest BCUT2D eigenvalue weighted by Crippen LogP contribution is 2.32. The lowest BCUT2D eigenvalue weighted by Crippen LogP contribution is -2.49. The molecular weight excluding hydrogens is 509 g/mol. The van der Waals surface area contributed by atoms with Crippen molar-refractivity contribution in [2.24, 2.45) is 0 Å². The van der Waals surface area contributed by atoms with Crippen LogP contribution in [-0.2, 0) is 6.18 Å². The normalized spacial score (nSPS) is 13.9. The Kier molecular flexibility index (Phi) is 7.19. The van der Waals surface area contributed by atoms with E-state index in [0.717, 1.165) is 17.7 Å². The van der Waals surface area contributed by atoms with Crippen molar-refractivity contribution in [3.63, 3.8) is 0 Å². The van der Waals surface area contributed by atoms with Gasteiger partial charge in [-0.2, -0.15) is 18.3 Å². The minimum absolute atomic E-state index is 0.212. The molecule has 7 nitrogen and oxygen atoms in total. The lowest BCUT2D eigenvalue weighted by molar-refractivity contribution is -0.137.